The monoisotopic (exact) mass is 372 g/mol. The highest BCUT2D eigenvalue weighted by Gasteiger charge is 2.52. The Hall–Kier alpha value is -1.43. The predicted octanol–water partition coefficient (Wildman–Crippen LogP) is 2.57. The van der Waals surface area contributed by atoms with E-state index >= 15 is 0 Å². The molecule has 2 atom stereocenters. The summed E-state index contributed by atoms with van der Waals surface area (Å²) in [7, 11) is 0. The first-order valence-electron chi connectivity index (χ1n) is 10.5. The first-order valence-corrected chi connectivity index (χ1v) is 10.5. The van der Waals surface area contributed by atoms with Crippen molar-refractivity contribution in [3.05, 3.63) is 35.9 Å². The SMILES string of the molecule is N[C@H]1CCCN(C(=O)C2(O)CC2)[C@H]1CO[C@H]1CC[C@@H](c2ccccc2)CC1. The number of ether oxygens (including phenoxy) is 1. The van der Waals surface area contributed by atoms with Gasteiger partial charge in [-0.2, -0.15) is 0 Å². The van der Waals surface area contributed by atoms with Gasteiger partial charge in [-0.05, 0) is 62.8 Å². The lowest BCUT2D eigenvalue weighted by Crippen LogP contribution is -2.59. The van der Waals surface area contributed by atoms with E-state index in [0.29, 0.717) is 31.9 Å². The van der Waals surface area contributed by atoms with Gasteiger partial charge in [0.15, 0.2) is 0 Å². The Balaban J connectivity index is 1.30. The van der Waals surface area contributed by atoms with Crippen LogP contribution in [0.4, 0.5) is 0 Å². The van der Waals surface area contributed by atoms with Crippen molar-refractivity contribution < 1.29 is 14.6 Å². The number of aliphatic hydroxyl groups is 1. The lowest BCUT2D eigenvalue weighted by molar-refractivity contribution is -0.149. The molecule has 27 heavy (non-hydrogen) atoms. The molecule has 0 bridgehead atoms. The summed E-state index contributed by atoms with van der Waals surface area (Å²) in [4.78, 5) is 14.5. The fraction of sp³-hybridized carbons (Fsp3) is 0.682. The minimum atomic E-state index is -1.12. The number of likely N-dealkylation sites (tertiary alicyclic amines) is 1. The van der Waals surface area contributed by atoms with Gasteiger partial charge in [-0.1, -0.05) is 30.3 Å². The van der Waals surface area contributed by atoms with Crippen molar-refractivity contribution in [2.45, 2.75) is 81.1 Å². The second kappa shape index (κ2) is 7.90. The van der Waals surface area contributed by atoms with Crippen LogP contribution in [0.3, 0.4) is 0 Å². The van der Waals surface area contributed by atoms with Crippen LogP contribution >= 0.6 is 0 Å². The van der Waals surface area contributed by atoms with Gasteiger partial charge in [0, 0.05) is 12.6 Å². The third kappa shape index (κ3) is 4.20. The maximum atomic E-state index is 12.7. The third-order valence-electron chi connectivity index (χ3n) is 6.66. The van der Waals surface area contributed by atoms with Gasteiger partial charge >= 0.3 is 0 Å². The van der Waals surface area contributed by atoms with Crippen molar-refractivity contribution in [2.24, 2.45) is 5.73 Å². The summed E-state index contributed by atoms with van der Waals surface area (Å²) in [6, 6.07) is 10.6. The van der Waals surface area contributed by atoms with Crippen molar-refractivity contribution in [2.75, 3.05) is 13.2 Å². The zero-order valence-corrected chi connectivity index (χ0v) is 16.1. The Morgan fingerprint density at radius 3 is 2.52 bits per heavy atom. The van der Waals surface area contributed by atoms with E-state index in [0.717, 1.165) is 38.5 Å². The molecule has 148 valence electrons. The van der Waals surface area contributed by atoms with Crippen LogP contribution in [-0.4, -0.2) is 52.9 Å². The Morgan fingerprint density at radius 2 is 1.85 bits per heavy atom. The molecule has 2 aliphatic carbocycles. The minimum Gasteiger partial charge on any atom is -0.380 e. The van der Waals surface area contributed by atoms with Gasteiger partial charge in [-0.25, -0.2) is 0 Å². The fourth-order valence-electron chi connectivity index (χ4n) is 4.67. The molecule has 5 nitrogen and oxygen atoms in total. The number of carbonyl (C=O) groups excluding carboxylic acids is 1. The second-order valence-electron chi connectivity index (χ2n) is 8.62. The summed E-state index contributed by atoms with van der Waals surface area (Å²) in [5, 5.41) is 10.2. The molecular weight excluding hydrogens is 340 g/mol. The molecule has 0 aromatic heterocycles. The molecule has 1 amide bonds. The number of rotatable bonds is 5. The fourth-order valence-corrected chi connectivity index (χ4v) is 4.67. The average molecular weight is 373 g/mol. The Labute approximate surface area is 161 Å². The minimum absolute atomic E-state index is 0.0642. The van der Waals surface area contributed by atoms with Crippen molar-refractivity contribution in [3.8, 4) is 0 Å². The van der Waals surface area contributed by atoms with E-state index in [4.69, 9.17) is 10.5 Å². The van der Waals surface area contributed by atoms with Crippen LogP contribution in [0.5, 0.6) is 0 Å². The first kappa shape index (κ1) is 18.9. The lowest BCUT2D eigenvalue weighted by Gasteiger charge is -2.41. The summed E-state index contributed by atoms with van der Waals surface area (Å²) >= 11 is 0. The zero-order valence-electron chi connectivity index (χ0n) is 16.1. The summed E-state index contributed by atoms with van der Waals surface area (Å²) in [6.07, 6.45) is 7.63. The highest BCUT2D eigenvalue weighted by Crippen LogP contribution is 2.39. The summed E-state index contributed by atoms with van der Waals surface area (Å²) in [5.41, 5.74) is 6.64. The van der Waals surface area contributed by atoms with Crippen LogP contribution in [0.15, 0.2) is 30.3 Å². The molecule has 1 aliphatic heterocycles. The van der Waals surface area contributed by atoms with Gasteiger partial charge in [0.05, 0.1) is 18.8 Å². The highest BCUT2D eigenvalue weighted by atomic mass is 16.5. The van der Waals surface area contributed by atoms with Crippen LogP contribution in [0.2, 0.25) is 0 Å². The van der Waals surface area contributed by atoms with Crippen molar-refractivity contribution in [1.82, 2.24) is 4.90 Å². The summed E-state index contributed by atoms with van der Waals surface area (Å²) in [6.45, 7) is 1.17. The maximum absolute atomic E-state index is 12.7. The van der Waals surface area contributed by atoms with Crippen LogP contribution < -0.4 is 5.73 Å². The van der Waals surface area contributed by atoms with E-state index in [2.05, 4.69) is 30.3 Å². The largest absolute Gasteiger partial charge is 0.380 e. The molecular formula is C22H32N2O3. The number of benzene rings is 1. The molecule has 1 aromatic carbocycles. The van der Waals surface area contributed by atoms with Crippen molar-refractivity contribution in [3.63, 3.8) is 0 Å². The first-order chi connectivity index (χ1) is 13.1. The van der Waals surface area contributed by atoms with E-state index in [1.807, 2.05) is 0 Å². The van der Waals surface area contributed by atoms with E-state index in [1.54, 1.807) is 4.90 Å². The number of nitrogens with two attached hydrogens (primary N) is 1. The lowest BCUT2D eigenvalue weighted by atomic mass is 9.83. The number of hydrogen-bond donors (Lipinski definition) is 2. The molecule has 3 aliphatic rings. The molecule has 1 aromatic rings. The molecule has 4 rings (SSSR count). The number of piperidine rings is 1. The third-order valence-corrected chi connectivity index (χ3v) is 6.66. The van der Waals surface area contributed by atoms with Gasteiger partial charge in [0.25, 0.3) is 5.91 Å². The van der Waals surface area contributed by atoms with Gasteiger partial charge in [-0.15, -0.1) is 0 Å². The second-order valence-corrected chi connectivity index (χ2v) is 8.62. The van der Waals surface area contributed by atoms with E-state index in [9.17, 15) is 9.90 Å². The molecule has 0 unspecified atom stereocenters. The van der Waals surface area contributed by atoms with Gasteiger partial charge in [0.2, 0.25) is 0 Å². The normalized spacial score (nSPS) is 32.9. The van der Waals surface area contributed by atoms with E-state index in [1.165, 1.54) is 5.56 Å². The Kier molecular flexibility index (Phi) is 5.53. The van der Waals surface area contributed by atoms with Crippen LogP contribution in [0.1, 0.15) is 62.8 Å². The van der Waals surface area contributed by atoms with Crippen LogP contribution in [0.25, 0.3) is 0 Å². The van der Waals surface area contributed by atoms with Crippen molar-refractivity contribution >= 4 is 5.91 Å². The molecule has 2 saturated carbocycles. The molecule has 5 heteroatoms. The average Bonchev–Trinajstić information content (AvgIpc) is 3.46. The van der Waals surface area contributed by atoms with E-state index < -0.39 is 5.60 Å². The smallest absolute Gasteiger partial charge is 0.254 e. The van der Waals surface area contributed by atoms with Crippen molar-refractivity contribution in [1.29, 1.82) is 0 Å². The van der Waals surface area contributed by atoms with Crippen LogP contribution in [-0.2, 0) is 9.53 Å². The topological polar surface area (TPSA) is 75.8 Å². The number of hydrogen-bond acceptors (Lipinski definition) is 4. The molecule has 1 heterocycles. The number of carbonyl (C=O) groups is 1. The van der Waals surface area contributed by atoms with E-state index in [-0.39, 0.29) is 24.1 Å². The summed E-state index contributed by atoms with van der Waals surface area (Å²) < 4.78 is 6.24. The summed E-state index contributed by atoms with van der Waals surface area (Å²) in [5.74, 6) is 0.490. The van der Waals surface area contributed by atoms with Gasteiger partial charge in [-0.3, -0.25) is 4.79 Å². The number of amides is 1. The quantitative estimate of drug-likeness (QED) is 0.833. The molecule has 3 N–H and O–H groups in total. The molecule has 3 fully saturated rings. The molecule has 1 saturated heterocycles. The van der Waals surface area contributed by atoms with Gasteiger partial charge < -0.3 is 20.5 Å². The van der Waals surface area contributed by atoms with Crippen LogP contribution in [0, 0.1) is 0 Å². The zero-order chi connectivity index (χ0) is 18.9. The molecule has 0 spiro atoms. The van der Waals surface area contributed by atoms with Gasteiger partial charge in [0.1, 0.15) is 5.60 Å². The predicted molar refractivity (Wildman–Crippen MR) is 104 cm³/mol. The Morgan fingerprint density at radius 1 is 1.15 bits per heavy atom. The standard InChI is InChI=1S/C22H32N2O3/c23-19-7-4-14-24(21(25)22(26)12-13-22)20(19)15-27-18-10-8-17(9-11-18)16-5-2-1-3-6-16/h1-3,5-6,17-20,26H,4,7-15,23H2/t17-,18+,19-,20-/m0/s1. The molecule has 0 radical (unpaired) electrons. The maximum Gasteiger partial charge on any atom is 0.254 e. The highest BCUT2D eigenvalue weighted by molar-refractivity contribution is 5.88. The Bertz CT molecular complexity index is 638. The number of nitrogens with zero attached hydrogens (tertiary/aromatic N) is 1.